The number of hydrogen-bond acceptors (Lipinski definition) is 3. The number of thiocarbonyl (C=S) groups is 1. The number of amides is 1. The van der Waals surface area contributed by atoms with Crippen LogP contribution in [0.1, 0.15) is 55.8 Å². The minimum Gasteiger partial charge on any atom is -0.487 e. The first-order valence-electron chi connectivity index (χ1n) is 10.5. The molecular weight excluding hydrogens is 394 g/mol. The van der Waals surface area contributed by atoms with Crippen molar-refractivity contribution in [2.45, 2.75) is 58.6 Å². The summed E-state index contributed by atoms with van der Waals surface area (Å²) in [6, 6.07) is 12.4. The monoisotopic (exact) mass is 423 g/mol. The smallest absolute Gasteiger partial charge is 0.227 e. The molecule has 0 saturated carbocycles. The van der Waals surface area contributed by atoms with Crippen LogP contribution in [0.15, 0.2) is 36.4 Å². The second kappa shape index (κ2) is 7.91. The lowest BCUT2D eigenvalue weighted by Crippen LogP contribution is -2.42. The van der Waals surface area contributed by atoms with Crippen molar-refractivity contribution in [3.8, 4) is 5.75 Å². The summed E-state index contributed by atoms with van der Waals surface area (Å²) in [6.45, 7) is 9.08. The van der Waals surface area contributed by atoms with Crippen LogP contribution in [-0.4, -0.2) is 23.2 Å². The second-order valence-electron chi connectivity index (χ2n) is 8.91. The molecule has 4 rings (SSSR count). The van der Waals surface area contributed by atoms with Crippen LogP contribution in [0.2, 0.25) is 0 Å². The number of nitrogens with zero attached hydrogens (tertiary/aromatic N) is 1. The van der Waals surface area contributed by atoms with E-state index in [1.54, 1.807) is 0 Å². The van der Waals surface area contributed by atoms with E-state index in [0.717, 1.165) is 47.6 Å². The summed E-state index contributed by atoms with van der Waals surface area (Å²) < 4.78 is 6.19. The van der Waals surface area contributed by atoms with Crippen LogP contribution in [0.5, 0.6) is 5.75 Å². The lowest BCUT2D eigenvalue weighted by Gasteiger charge is -2.38. The first-order chi connectivity index (χ1) is 14.2. The van der Waals surface area contributed by atoms with E-state index in [0.29, 0.717) is 11.5 Å². The Morgan fingerprint density at radius 3 is 2.73 bits per heavy atom. The van der Waals surface area contributed by atoms with Crippen molar-refractivity contribution in [3.63, 3.8) is 0 Å². The SMILES string of the molecule is Cc1ccc2c(c1)OC(C)(C)C[C@H]2NC(=S)Nc1ccc(C)c(N2CCCC2=O)c1. The number of hydrogen-bond donors (Lipinski definition) is 2. The molecule has 1 saturated heterocycles. The van der Waals surface area contributed by atoms with Crippen LogP contribution in [0.3, 0.4) is 0 Å². The van der Waals surface area contributed by atoms with Gasteiger partial charge in [0.25, 0.3) is 0 Å². The molecule has 0 unspecified atom stereocenters. The zero-order valence-electron chi connectivity index (χ0n) is 18.0. The number of fused-ring (bicyclic) bond motifs is 1. The van der Waals surface area contributed by atoms with Gasteiger partial charge in [0.2, 0.25) is 5.91 Å². The van der Waals surface area contributed by atoms with Gasteiger partial charge in [0, 0.05) is 36.3 Å². The molecule has 6 heteroatoms. The van der Waals surface area contributed by atoms with E-state index < -0.39 is 0 Å². The third-order valence-electron chi connectivity index (χ3n) is 5.76. The molecule has 0 aliphatic carbocycles. The maximum atomic E-state index is 12.2. The van der Waals surface area contributed by atoms with Crippen molar-refractivity contribution in [3.05, 3.63) is 53.1 Å². The summed E-state index contributed by atoms with van der Waals surface area (Å²) >= 11 is 5.64. The number of rotatable bonds is 3. The maximum absolute atomic E-state index is 12.2. The molecule has 158 valence electrons. The number of ether oxygens (including phenoxy) is 1. The topological polar surface area (TPSA) is 53.6 Å². The van der Waals surface area contributed by atoms with Gasteiger partial charge < -0.3 is 20.3 Å². The molecule has 2 aromatic rings. The van der Waals surface area contributed by atoms with Gasteiger partial charge in [-0.2, -0.15) is 0 Å². The summed E-state index contributed by atoms with van der Waals surface area (Å²) in [5.74, 6) is 1.10. The fourth-order valence-electron chi connectivity index (χ4n) is 4.29. The highest BCUT2D eigenvalue weighted by Gasteiger charge is 2.34. The molecule has 2 heterocycles. The normalized spacial score (nSPS) is 19.8. The largest absolute Gasteiger partial charge is 0.487 e. The molecule has 1 atom stereocenters. The van der Waals surface area contributed by atoms with Gasteiger partial charge in [0.05, 0.1) is 6.04 Å². The molecule has 2 N–H and O–H groups in total. The van der Waals surface area contributed by atoms with Crippen molar-refractivity contribution in [1.29, 1.82) is 0 Å². The van der Waals surface area contributed by atoms with Crippen LogP contribution >= 0.6 is 12.2 Å². The van der Waals surface area contributed by atoms with Gasteiger partial charge in [0.15, 0.2) is 5.11 Å². The molecule has 2 aromatic carbocycles. The molecule has 5 nitrogen and oxygen atoms in total. The number of anilines is 2. The van der Waals surface area contributed by atoms with E-state index >= 15 is 0 Å². The quantitative estimate of drug-likeness (QED) is 0.679. The van der Waals surface area contributed by atoms with Crippen LogP contribution < -0.4 is 20.3 Å². The zero-order valence-corrected chi connectivity index (χ0v) is 18.9. The average molecular weight is 424 g/mol. The van der Waals surface area contributed by atoms with Crippen LogP contribution in [0.4, 0.5) is 11.4 Å². The summed E-state index contributed by atoms with van der Waals surface area (Å²) in [7, 11) is 0. The third-order valence-corrected chi connectivity index (χ3v) is 5.98. The highest BCUT2D eigenvalue weighted by atomic mass is 32.1. The predicted octanol–water partition coefficient (Wildman–Crippen LogP) is 5.02. The number of nitrogens with one attached hydrogen (secondary N) is 2. The Labute approximate surface area is 183 Å². The van der Waals surface area contributed by atoms with Crippen LogP contribution in [0.25, 0.3) is 0 Å². The Morgan fingerprint density at radius 1 is 1.20 bits per heavy atom. The summed E-state index contributed by atoms with van der Waals surface area (Å²) in [5.41, 5.74) is 4.94. The highest BCUT2D eigenvalue weighted by Crippen LogP contribution is 2.40. The number of aryl methyl sites for hydroxylation is 2. The lowest BCUT2D eigenvalue weighted by molar-refractivity contribution is -0.117. The second-order valence-corrected chi connectivity index (χ2v) is 9.32. The Hall–Kier alpha value is -2.60. The lowest BCUT2D eigenvalue weighted by atomic mass is 9.89. The van der Waals surface area contributed by atoms with Crippen LogP contribution in [0, 0.1) is 13.8 Å². The Morgan fingerprint density at radius 2 is 2.00 bits per heavy atom. The van der Waals surface area contributed by atoms with Gasteiger partial charge in [-0.3, -0.25) is 4.79 Å². The molecule has 0 bridgehead atoms. The van der Waals surface area contributed by atoms with Crippen LogP contribution in [-0.2, 0) is 4.79 Å². The first kappa shape index (κ1) is 20.7. The van der Waals surface area contributed by atoms with E-state index in [1.165, 1.54) is 5.56 Å². The molecule has 30 heavy (non-hydrogen) atoms. The Kier molecular flexibility index (Phi) is 5.45. The van der Waals surface area contributed by atoms with E-state index in [2.05, 4.69) is 49.6 Å². The minimum absolute atomic E-state index is 0.0643. The van der Waals surface area contributed by atoms with E-state index in [9.17, 15) is 4.79 Å². The summed E-state index contributed by atoms with van der Waals surface area (Å²) in [6.07, 6.45) is 2.34. The fraction of sp³-hybridized carbons (Fsp3) is 0.417. The van der Waals surface area contributed by atoms with Crippen molar-refractivity contribution >= 4 is 34.6 Å². The fourth-order valence-corrected chi connectivity index (χ4v) is 4.55. The molecule has 1 amide bonds. The standard InChI is InChI=1S/C24H29N3O2S/c1-15-7-10-18-19(14-24(3,4)29-21(18)12-15)26-23(30)25-17-9-8-16(2)20(13-17)27-11-5-6-22(27)28/h7-10,12-13,19H,5-6,11,14H2,1-4H3,(H2,25,26,30)/t19-/m1/s1. The molecule has 0 spiro atoms. The summed E-state index contributed by atoms with van der Waals surface area (Å²) in [4.78, 5) is 14.1. The molecule has 1 fully saturated rings. The van der Waals surface area contributed by atoms with Gasteiger partial charge in [0.1, 0.15) is 11.4 Å². The van der Waals surface area contributed by atoms with Gasteiger partial charge in [-0.15, -0.1) is 0 Å². The van der Waals surface area contributed by atoms with Gasteiger partial charge >= 0.3 is 0 Å². The number of carbonyl (C=O) groups excluding carboxylic acids is 1. The maximum Gasteiger partial charge on any atom is 0.227 e. The van der Waals surface area contributed by atoms with E-state index in [-0.39, 0.29) is 17.6 Å². The first-order valence-corrected chi connectivity index (χ1v) is 10.9. The van der Waals surface area contributed by atoms with Crippen molar-refractivity contribution in [1.82, 2.24) is 5.32 Å². The Bertz CT molecular complexity index is 1000. The Balaban J connectivity index is 1.51. The third kappa shape index (κ3) is 4.29. The van der Waals surface area contributed by atoms with Gasteiger partial charge in [-0.1, -0.05) is 18.2 Å². The van der Waals surface area contributed by atoms with Gasteiger partial charge in [-0.25, -0.2) is 0 Å². The summed E-state index contributed by atoms with van der Waals surface area (Å²) in [5, 5.41) is 7.34. The van der Waals surface area contributed by atoms with E-state index in [1.807, 2.05) is 30.0 Å². The highest BCUT2D eigenvalue weighted by molar-refractivity contribution is 7.80. The van der Waals surface area contributed by atoms with Crippen molar-refractivity contribution < 1.29 is 9.53 Å². The molecule has 2 aliphatic heterocycles. The molecule has 0 aromatic heterocycles. The molecular formula is C24H29N3O2S. The molecule has 0 radical (unpaired) electrons. The average Bonchev–Trinajstić information content (AvgIpc) is 3.07. The number of carbonyl (C=O) groups is 1. The van der Waals surface area contributed by atoms with Crippen molar-refractivity contribution in [2.75, 3.05) is 16.8 Å². The van der Waals surface area contributed by atoms with Crippen molar-refractivity contribution in [2.24, 2.45) is 0 Å². The minimum atomic E-state index is -0.277. The number of benzene rings is 2. The van der Waals surface area contributed by atoms with E-state index in [4.69, 9.17) is 17.0 Å². The molecule has 2 aliphatic rings. The van der Waals surface area contributed by atoms with Gasteiger partial charge in [-0.05, 0) is 75.7 Å². The zero-order chi connectivity index (χ0) is 21.5. The predicted molar refractivity (Wildman–Crippen MR) is 125 cm³/mol.